The molecule has 0 aliphatic carbocycles. The number of nitrogens with two attached hydrogens (primary N) is 1. The van der Waals surface area contributed by atoms with Crippen LogP contribution in [0.3, 0.4) is 0 Å². The zero-order valence-electron chi connectivity index (χ0n) is 16.5. The van der Waals surface area contributed by atoms with E-state index in [1.165, 1.54) is 0 Å². The van der Waals surface area contributed by atoms with Gasteiger partial charge in [-0.25, -0.2) is 4.79 Å². The Balaban J connectivity index is 0.000000423. The van der Waals surface area contributed by atoms with E-state index in [0.717, 1.165) is 22.4 Å². The molecule has 0 spiro atoms. The highest BCUT2D eigenvalue weighted by molar-refractivity contribution is 5.73. The maximum Gasteiger partial charge on any atom is 0.490 e. The van der Waals surface area contributed by atoms with Gasteiger partial charge < -0.3 is 21.3 Å². The van der Waals surface area contributed by atoms with Crippen LogP contribution < -0.4 is 11.1 Å². The average molecular weight is 432 g/mol. The number of halogens is 3. The summed E-state index contributed by atoms with van der Waals surface area (Å²) in [6, 6.07) is 27.3. The van der Waals surface area contributed by atoms with Crippen LogP contribution in [0, 0.1) is 0 Å². The molecule has 0 heterocycles. The van der Waals surface area contributed by atoms with Crippen molar-refractivity contribution in [3.63, 3.8) is 0 Å². The van der Waals surface area contributed by atoms with Crippen molar-refractivity contribution in [3.8, 4) is 0 Å². The molecule has 0 saturated heterocycles. The Morgan fingerprint density at radius 1 is 0.903 bits per heavy atom. The quantitative estimate of drug-likeness (QED) is 0.431. The lowest BCUT2D eigenvalue weighted by molar-refractivity contribution is -0.192. The van der Waals surface area contributed by atoms with Gasteiger partial charge in [0.25, 0.3) is 0 Å². The number of hydrogen-bond acceptors (Lipinski definition) is 4. The van der Waals surface area contributed by atoms with Crippen LogP contribution in [0.2, 0.25) is 0 Å². The summed E-state index contributed by atoms with van der Waals surface area (Å²) in [5.41, 5.74) is 9.64. The topological polar surface area (TPSA) is 95.6 Å². The van der Waals surface area contributed by atoms with Crippen molar-refractivity contribution in [1.82, 2.24) is 5.32 Å². The number of carboxylic acid groups (broad SMARTS) is 1. The molecule has 0 bridgehead atoms. The first-order valence-electron chi connectivity index (χ1n) is 9.34. The van der Waals surface area contributed by atoms with Crippen LogP contribution in [0.25, 0.3) is 0 Å². The third-order valence-corrected chi connectivity index (χ3v) is 4.34. The molecule has 0 aliphatic heterocycles. The number of aliphatic hydroxyl groups excluding tert-OH is 1. The zero-order valence-corrected chi connectivity index (χ0v) is 16.5. The third-order valence-electron chi connectivity index (χ3n) is 4.34. The number of rotatable bonds is 6. The van der Waals surface area contributed by atoms with E-state index in [0.29, 0.717) is 6.54 Å². The van der Waals surface area contributed by atoms with Crippen molar-refractivity contribution in [1.29, 1.82) is 0 Å². The Hall–Kier alpha value is -3.36. The fourth-order valence-electron chi connectivity index (χ4n) is 2.85. The highest BCUT2D eigenvalue weighted by Crippen LogP contribution is 2.29. The molecule has 0 aliphatic rings. The average Bonchev–Trinajstić information content (AvgIpc) is 2.75. The summed E-state index contributed by atoms with van der Waals surface area (Å²) in [5.74, 6) is -2.76. The van der Waals surface area contributed by atoms with E-state index < -0.39 is 18.2 Å². The van der Waals surface area contributed by atoms with Crippen molar-refractivity contribution in [2.45, 2.75) is 24.9 Å². The lowest BCUT2D eigenvalue weighted by atomic mass is 9.95. The number of aliphatic hydroxyl groups is 1. The summed E-state index contributed by atoms with van der Waals surface area (Å²) in [5, 5.41) is 21.5. The van der Waals surface area contributed by atoms with Crippen LogP contribution in [-0.4, -0.2) is 22.4 Å². The first-order chi connectivity index (χ1) is 14.7. The molecule has 164 valence electrons. The van der Waals surface area contributed by atoms with Crippen molar-refractivity contribution < 1.29 is 28.2 Å². The number of alkyl halides is 3. The molecule has 5 N–H and O–H groups in total. The predicted molar refractivity (Wildman–Crippen MR) is 112 cm³/mol. The number of nitrogens with one attached hydrogen (secondary N) is 1. The molecule has 0 fully saturated rings. The molecule has 0 unspecified atom stereocenters. The minimum atomic E-state index is -5.08. The summed E-state index contributed by atoms with van der Waals surface area (Å²) in [6.45, 7) is 0.633. The van der Waals surface area contributed by atoms with Gasteiger partial charge in [-0.1, -0.05) is 72.8 Å². The molecule has 8 heteroatoms. The van der Waals surface area contributed by atoms with Crippen LogP contribution in [0.5, 0.6) is 0 Å². The summed E-state index contributed by atoms with van der Waals surface area (Å²) >= 11 is 0. The SMILES string of the molecule is Nc1cccc(CN[C@@H](c2ccccc2)[C@H](O)c2ccccc2)c1.O=C(O)C(F)(F)F. The van der Waals surface area contributed by atoms with Crippen LogP contribution in [0.4, 0.5) is 18.9 Å². The molecule has 3 aromatic carbocycles. The number of aliphatic carboxylic acids is 1. The second-order valence-electron chi connectivity index (χ2n) is 6.67. The van der Waals surface area contributed by atoms with Gasteiger partial charge in [-0.05, 0) is 28.8 Å². The lowest BCUT2D eigenvalue weighted by Crippen LogP contribution is -2.27. The fourth-order valence-corrected chi connectivity index (χ4v) is 2.85. The highest BCUT2D eigenvalue weighted by Gasteiger charge is 2.38. The standard InChI is InChI=1S/C21H22N2O.C2HF3O2/c22-19-13-7-8-16(14-19)15-23-20(17-9-3-1-4-10-17)21(24)18-11-5-2-6-12-18;3-2(4,5)1(6)7/h1-14,20-21,23-24H,15,22H2;(H,6,7)/t20-,21+;/m0./s1. The van der Waals surface area contributed by atoms with Gasteiger partial charge in [-0.3, -0.25) is 0 Å². The van der Waals surface area contributed by atoms with Crippen LogP contribution in [0.1, 0.15) is 28.8 Å². The maximum absolute atomic E-state index is 10.9. The van der Waals surface area contributed by atoms with Crippen molar-refractivity contribution in [2.24, 2.45) is 0 Å². The second kappa shape index (κ2) is 11.1. The maximum atomic E-state index is 10.9. The largest absolute Gasteiger partial charge is 0.490 e. The number of carboxylic acids is 1. The number of carbonyl (C=O) groups is 1. The number of benzene rings is 3. The molecule has 31 heavy (non-hydrogen) atoms. The lowest BCUT2D eigenvalue weighted by Gasteiger charge is -2.25. The Labute approximate surface area is 178 Å². The van der Waals surface area contributed by atoms with Gasteiger partial charge in [-0.2, -0.15) is 13.2 Å². The minimum Gasteiger partial charge on any atom is -0.475 e. The summed E-state index contributed by atoms with van der Waals surface area (Å²) < 4.78 is 31.7. The van der Waals surface area contributed by atoms with Gasteiger partial charge in [0.2, 0.25) is 0 Å². The Kier molecular flexibility index (Phi) is 8.60. The molecule has 3 rings (SSSR count). The second-order valence-corrected chi connectivity index (χ2v) is 6.67. The van der Waals surface area contributed by atoms with Crippen molar-refractivity contribution >= 4 is 11.7 Å². The van der Waals surface area contributed by atoms with E-state index >= 15 is 0 Å². The van der Waals surface area contributed by atoms with Crippen LogP contribution in [-0.2, 0) is 11.3 Å². The summed E-state index contributed by atoms with van der Waals surface area (Å²) in [7, 11) is 0. The van der Waals surface area contributed by atoms with E-state index in [4.69, 9.17) is 15.6 Å². The van der Waals surface area contributed by atoms with Gasteiger partial charge in [0.1, 0.15) is 0 Å². The molecule has 0 saturated carbocycles. The third kappa shape index (κ3) is 7.76. The first kappa shape index (κ1) is 23.9. The van der Waals surface area contributed by atoms with Crippen molar-refractivity contribution in [3.05, 3.63) is 102 Å². The van der Waals surface area contributed by atoms with E-state index in [-0.39, 0.29) is 6.04 Å². The first-order valence-corrected chi connectivity index (χ1v) is 9.34. The van der Waals surface area contributed by atoms with Gasteiger partial charge >= 0.3 is 12.1 Å². The molecule has 0 amide bonds. The minimum absolute atomic E-state index is 0.199. The molecule has 0 radical (unpaired) electrons. The van der Waals surface area contributed by atoms with E-state index in [2.05, 4.69) is 5.32 Å². The molecule has 5 nitrogen and oxygen atoms in total. The Morgan fingerprint density at radius 3 is 1.90 bits per heavy atom. The van der Waals surface area contributed by atoms with Gasteiger partial charge in [0.15, 0.2) is 0 Å². The summed E-state index contributed by atoms with van der Waals surface area (Å²) in [6.07, 6.45) is -5.71. The van der Waals surface area contributed by atoms with E-state index in [1.54, 1.807) is 0 Å². The number of hydrogen-bond donors (Lipinski definition) is 4. The summed E-state index contributed by atoms with van der Waals surface area (Å²) in [4.78, 5) is 8.90. The number of nitrogen functional groups attached to an aromatic ring is 1. The molecular formula is C23H23F3N2O3. The van der Waals surface area contributed by atoms with Gasteiger partial charge in [0.05, 0.1) is 12.1 Å². The molecular weight excluding hydrogens is 409 g/mol. The molecule has 0 aromatic heterocycles. The highest BCUT2D eigenvalue weighted by atomic mass is 19.4. The molecule has 2 atom stereocenters. The fraction of sp³-hybridized carbons (Fsp3) is 0.174. The Morgan fingerprint density at radius 2 is 1.42 bits per heavy atom. The smallest absolute Gasteiger partial charge is 0.475 e. The normalized spacial score (nSPS) is 12.9. The molecule has 3 aromatic rings. The van der Waals surface area contributed by atoms with Gasteiger partial charge in [-0.15, -0.1) is 0 Å². The number of anilines is 1. The van der Waals surface area contributed by atoms with E-state index in [9.17, 15) is 18.3 Å². The monoisotopic (exact) mass is 432 g/mol. The van der Waals surface area contributed by atoms with Crippen LogP contribution in [0.15, 0.2) is 84.9 Å². The van der Waals surface area contributed by atoms with Gasteiger partial charge in [0, 0.05) is 12.2 Å². The van der Waals surface area contributed by atoms with E-state index in [1.807, 2.05) is 84.9 Å². The van der Waals surface area contributed by atoms with Crippen molar-refractivity contribution in [2.75, 3.05) is 5.73 Å². The van der Waals surface area contributed by atoms with Crippen LogP contribution >= 0.6 is 0 Å². The predicted octanol–water partition coefficient (Wildman–Crippen LogP) is 4.47. The Bertz CT molecular complexity index is 951. The zero-order chi connectivity index (χ0) is 22.9.